The first-order chi connectivity index (χ1) is 9.70. The normalized spacial score (nSPS) is 11.5. The lowest BCUT2D eigenvalue weighted by Crippen LogP contribution is -2.25. The molecule has 0 atom stereocenters. The summed E-state index contributed by atoms with van der Waals surface area (Å²) in [7, 11) is 1.81. The molecule has 2 aromatic rings. The maximum Gasteiger partial charge on any atom is 0.270 e. The van der Waals surface area contributed by atoms with Gasteiger partial charge in [0.25, 0.3) is 5.91 Å². The van der Waals surface area contributed by atoms with Crippen LogP contribution in [-0.2, 0) is 5.41 Å². The summed E-state index contributed by atoms with van der Waals surface area (Å²) in [5, 5.41) is 1.00. The lowest BCUT2D eigenvalue weighted by molar-refractivity contribution is 0.0996. The van der Waals surface area contributed by atoms with Crippen molar-refractivity contribution in [3.8, 4) is 0 Å². The van der Waals surface area contributed by atoms with Crippen molar-refractivity contribution >= 4 is 22.9 Å². The SMILES string of the molecule is Cc1ccc(N(C)C(=O)c2sc(C(C)(C)C)nc2C)cc1. The standard InChI is InChI=1S/C17H22N2OS/c1-11-7-9-13(10-8-11)19(6)15(20)14-12(2)18-16(21-14)17(3,4)5/h7-10H,1-6H3. The van der Waals surface area contributed by atoms with E-state index in [9.17, 15) is 4.79 Å². The Hall–Kier alpha value is -1.68. The van der Waals surface area contributed by atoms with Gasteiger partial charge in [-0.05, 0) is 26.0 Å². The molecule has 0 aliphatic carbocycles. The molecule has 1 aromatic carbocycles. The van der Waals surface area contributed by atoms with Crippen LogP contribution in [0.2, 0.25) is 0 Å². The second kappa shape index (κ2) is 5.60. The fourth-order valence-corrected chi connectivity index (χ4v) is 3.05. The fraction of sp³-hybridized carbons (Fsp3) is 0.412. The average Bonchev–Trinajstić information content (AvgIpc) is 2.80. The van der Waals surface area contributed by atoms with Crippen LogP contribution in [0.5, 0.6) is 0 Å². The van der Waals surface area contributed by atoms with Crippen LogP contribution in [-0.4, -0.2) is 17.9 Å². The number of aryl methyl sites for hydroxylation is 2. The molecule has 21 heavy (non-hydrogen) atoms. The molecule has 0 N–H and O–H groups in total. The van der Waals surface area contributed by atoms with Gasteiger partial charge in [0.05, 0.1) is 10.7 Å². The first-order valence-electron chi connectivity index (χ1n) is 7.03. The van der Waals surface area contributed by atoms with E-state index in [1.807, 2.05) is 45.2 Å². The van der Waals surface area contributed by atoms with Gasteiger partial charge in [-0.15, -0.1) is 11.3 Å². The maximum atomic E-state index is 12.7. The van der Waals surface area contributed by atoms with Crippen LogP contribution in [0.1, 0.15) is 46.7 Å². The van der Waals surface area contributed by atoms with Crippen LogP contribution in [0, 0.1) is 13.8 Å². The number of rotatable bonds is 2. The van der Waals surface area contributed by atoms with Crippen molar-refractivity contribution in [2.24, 2.45) is 0 Å². The highest BCUT2D eigenvalue weighted by Crippen LogP contribution is 2.30. The molecule has 0 fully saturated rings. The van der Waals surface area contributed by atoms with E-state index in [0.717, 1.165) is 21.3 Å². The third-order valence-electron chi connectivity index (χ3n) is 3.36. The Morgan fingerprint density at radius 3 is 2.19 bits per heavy atom. The van der Waals surface area contributed by atoms with Crippen molar-refractivity contribution in [2.45, 2.75) is 40.0 Å². The number of benzene rings is 1. The summed E-state index contributed by atoms with van der Waals surface area (Å²) in [6.07, 6.45) is 0. The van der Waals surface area contributed by atoms with Crippen molar-refractivity contribution in [2.75, 3.05) is 11.9 Å². The molecule has 0 aliphatic rings. The molecule has 0 saturated heterocycles. The fourth-order valence-electron chi connectivity index (χ4n) is 1.95. The van der Waals surface area contributed by atoms with Gasteiger partial charge in [0, 0.05) is 18.2 Å². The van der Waals surface area contributed by atoms with E-state index >= 15 is 0 Å². The van der Waals surface area contributed by atoms with Crippen LogP contribution in [0.25, 0.3) is 0 Å². The van der Waals surface area contributed by atoms with Gasteiger partial charge in [0.1, 0.15) is 4.88 Å². The van der Waals surface area contributed by atoms with Crippen LogP contribution in [0.3, 0.4) is 0 Å². The summed E-state index contributed by atoms with van der Waals surface area (Å²) < 4.78 is 0. The first kappa shape index (κ1) is 15.7. The Balaban J connectivity index is 2.31. The molecule has 3 nitrogen and oxygen atoms in total. The van der Waals surface area contributed by atoms with Gasteiger partial charge in [-0.2, -0.15) is 0 Å². The molecule has 2 rings (SSSR count). The molecule has 1 amide bonds. The van der Waals surface area contributed by atoms with E-state index < -0.39 is 0 Å². The van der Waals surface area contributed by atoms with Crippen LogP contribution < -0.4 is 4.90 Å². The molecule has 112 valence electrons. The minimum atomic E-state index is -0.0314. The predicted octanol–water partition coefficient (Wildman–Crippen LogP) is 4.33. The second-order valence-electron chi connectivity index (χ2n) is 6.38. The molecule has 1 aromatic heterocycles. The topological polar surface area (TPSA) is 33.2 Å². The number of amides is 1. The van der Waals surface area contributed by atoms with E-state index in [2.05, 4.69) is 25.8 Å². The Morgan fingerprint density at radius 1 is 1.14 bits per heavy atom. The number of anilines is 1. The highest BCUT2D eigenvalue weighted by atomic mass is 32.1. The molecule has 0 aliphatic heterocycles. The molecule has 0 spiro atoms. The summed E-state index contributed by atoms with van der Waals surface area (Å²) in [5.41, 5.74) is 2.87. The minimum Gasteiger partial charge on any atom is -0.311 e. The number of hydrogen-bond acceptors (Lipinski definition) is 3. The third kappa shape index (κ3) is 3.32. The molecule has 0 saturated carbocycles. The van der Waals surface area contributed by atoms with Crippen molar-refractivity contribution in [1.29, 1.82) is 0 Å². The Labute approximate surface area is 130 Å². The van der Waals surface area contributed by atoms with Crippen molar-refractivity contribution in [3.05, 3.63) is 45.4 Å². The molecule has 4 heteroatoms. The van der Waals surface area contributed by atoms with E-state index in [4.69, 9.17) is 0 Å². The Bertz CT molecular complexity index is 650. The van der Waals surface area contributed by atoms with Gasteiger partial charge >= 0.3 is 0 Å². The zero-order chi connectivity index (χ0) is 15.8. The number of thiazole rings is 1. The van der Waals surface area contributed by atoms with Crippen molar-refractivity contribution < 1.29 is 4.79 Å². The summed E-state index contributed by atoms with van der Waals surface area (Å²) >= 11 is 1.50. The molecular weight excluding hydrogens is 280 g/mol. The number of nitrogens with zero attached hydrogens (tertiary/aromatic N) is 2. The largest absolute Gasteiger partial charge is 0.311 e. The van der Waals surface area contributed by atoms with Crippen molar-refractivity contribution in [1.82, 2.24) is 4.98 Å². The predicted molar refractivity (Wildman–Crippen MR) is 89.5 cm³/mol. The Morgan fingerprint density at radius 2 is 1.71 bits per heavy atom. The van der Waals surface area contributed by atoms with Gasteiger partial charge in [-0.3, -0.25) is 4.79 Å². The third-order valence-corrected chi connectivity index (χ3v) is 4.93. The summed E-state index contributed by atoms with van der Waals surface area (Å²) in [4.78, 5) is 19.7. The zero-order valence-corrected chi connectivity index (χ0v) is 14.3. The number of carbonyl (C=O) groups is 1. The van der Waals surface area contributed by atoms with Gasteiger partial charge in [0.15, 0.2) is 0 Å². The molecule has 0 unspecified atom stereocenters. The number of aromatic nitrogens is 1. The van der Waals surface area contributed by atoms with Crippen LogP contribution >= 0.6 is 11.3 Å². The van der Waals surface area contributed by atoms with Crippen LogP contribution in [0.15, 0.2) is 24.3 Å². The maximum absolute atomic E-state index is 12.7. The lowest BCUT2D eigenvalue weighted by atomic mass is 9.98. The van der Waals surface area contributed by atoms with Crippen LogP contribution in [0.4, 0.5) is 5.69 Å². The highest BCUT2D eigenvalue weighted by Gasteiger charge is 2.25. The second-order valence-corrected chi connectivity index (χ2v) is 7.38. The first-order valence-corrected chi connectivity index (χ1v) is 7.84. The molecular formula is C17H22N2OS. The smallest absolute Gasteiger partial charge is 0.270 e. The monoisotopic (exact) mass is 302 g/mol. The lowest BCUT2D eigenvalue weighted by Gasteiger charge is -2.17. The van der Waals surface area contributed by atoms with E-state index in [-0.39, 0.29) is 11.3 Å². The van der Waals surface area contributed by atoms with E-state index in [1.165, 1.54) is 16.9 Å². The van der Waals surface area contributed by atoms with Gasteiger partial charge < -0.3 is 4.90 Å². The average molecular weight is 302 g/mol. The molecule has 0 bridgehead atoms. The quantitative estimate of drug-likeness (QED) is 0.827. The van der Waals surface area contributed by atoms with E-state index in [0.29, 0.717) is 0 Å². The molecule has 1 heterocycles. The number of hydrogen-bond donors (Lipinski definition) is 0. The minimum absolute atomic E-state index is 0.00403. The summed E-state index contributed by atoms with van der Waals surface area (Å²) in [5.74, 6) is 0.00403. The molecule has 0 radical (unpaired) electrons. The van der Waals surface area contributed by atoms with Gasteiger partial charge in [-0.25, -0.2) is 4.98 Å². The Kier molecular flexibility index (Phi) is 4.19. The summed E-state index contributed by atoms with van der Waals surface area (Å²) in [6, 6.07) is 7.96. The zero-order valence-electron chi connectivity index (χ0n) is 13.5. The summed E-state index contributed by atoms with van der Waals surface area (Å²) in [6.45, 7) is 10.3. The van der Waals surface area contributed by atoms with E-state index in [1.54, 1.807) is 4.90 Å². The number of carbonyl (C=O) groups excluding carboxylic acids is 1. The van der Waals surface area contributed by atoms with Gasteiger partial charge in [-0.1, -0.05) is 38.5 Å². The highest BCUT2D eigenvalue weighted by molar-refractivity contribution is 7.14. The van der Waals surface area contributed by atoms with Crippen molar-refractivity contribution in [3.63, 3.8) is 0 Å². The van der Waals surface area contributed by atoms with Gasteiger partial charge in [0.2, 0.25) is 0 Å².